The van der Waals surface area contributed by atoms with Crippen molar-refractivity contribution in [2.45, 2.75) is 39.7 Å². The third kappa shape index (κ3) is 4.77. The molecule has 0 spiro atoms. The summed E-state index contributed by atoms with van der Waals surface area (Å²) in [6.07, 6.45) is 1.39. The maximum atomic E-state index is 12.6. The van der Waals surface area contributed by atoms with Crippen LogP contribution in [0, 0.1) is 19.8 Å². The summed E-state index contributed by atoms with van der Waals surface area (Å²) < 4.78 is 5.04. The zero-order valence-electron chi connectivity index (χ0n) is 15.0. The number of carbonyl (C=O) groups excluding carboxylic acids is 2. The number of hydrogen-bond donors (Lipinski definition) is 1. The molecule has 1 N–H and O–H groups in total. The lowest BCUT2D eigenvalue weighted by molar-refractivity contribution is -0.127. The Morgan fingerprint density at radius 1 is 1.29 bits per heavy atom. The fourth-order valence-electron chi connectivity index (χ4n) is 3.14. The van der Waals surface area contributed by atoms with Gasteiger partial charge in [0.2, 0.25) is 5.91 Å². The van der Waals surface area contributed by atoms with Gasteiger partial charge in [0.15, 0.2) is 0 Å². The molecule has 1 aliphatic heterocycles. The summed E-state index contributed by atoms with van der Waals surface area (Å²) in [5, 5.41) is 2.97. The second kappa shape index (κ2) is 8.24. The van der Waals surface area contributed by atoms with Crippen molar-refractivity contribution in [3.05, 3.63) is 29.1 Å². The number of nitrogens with zero attached hydrogens (tertiary/aromatic N) is 2. The van der Waals surface area contributed by atoms with Gasteiger partial charge in [-0.25, -0.2) is 0 Å². The number of rotatable bonds is 5. The molecule has 2 amide bonds. The van der Waals surface area contributed by atoms with E-state index in [0.29, 0.717) is 38.1 Å². The number of piperidine rings is 1. The van der Waals surface area contributed by atoms with Crippen molar-refractivity contribution in [3.8, 4) is 0 Å². The van der Waals surface area contributed by atoms with Gasteiger partial charge >= 0.3 is 0 Å². The van der Waals surface area contributed by atoms with Crippen LogP contribution in [0.5, 0.6) is 0 Å². The Kier molecular flexibility index (Phi) is 6.31. The van der Waals surface area contributed by atoms with Crippen molar-refractivity contribution in [2.24, 2.45) is 5.92 Å². The quantitative estimate of drug-likeness (QED) is 0.890. The zero-order chi connectivity index (χ0) is 17.7. The van der Waals surface area contributed by atoms with E-state index in [9.17, 15) is 9.59 Å². The molecule has 24 heavy (non-hydrogen) atoms. The van der Waals surface area contributed by atoms with Gasteiger partial charge in [0.25, 0.3) is 5.91 Å². The lowest BCUT2D eigenvalue weighted by Gasteiger charge is -2.32. The summed E-state index contributed by atoms with van der Waals surface area (Å²) in [4.78, 5) is 31.0. The predicted molar refractivity (Wildman–Crippen MR) is 91.8 cm³/mol. The van der Waals surface area contributed by atoms with Gasteiger partial charge in [-0.05, 0) is 45.7 Å². The number of carbonyl (C=O) groups is 2. The summed E-state index contributed by atoms with van der Waals surface area (Å²) in [7, 11) is 1.62. The minimum atomic E-state index is -0.0331. The van der Waals surface area contributed by atoms with Gasteiger partial charge in [0.1, 0.15) is 0 Å². The lowest BCUT2D eigenvalue weighted by atomic mass is 9.95. The number of amides is 2. The SMILES string of the molecule is COC[C@@H](C)NC(=O)C1CCN(C(=O)c2cc(C)nc(C)c2)CC1. The number of aromatic nitrogens is 1. The van der Waals surface area contributed by atoms with Crippen LogP contribution in [0.2, 0.25) is 0 Å². The van der Waals surface area contributed by atoms with Crippen LogP contribution >= 0.6 is 0 Å². The Bertz CT molecular complexity index is 575. The molecule has 1 fully saturated rings. The summed E-state index contributed by atoms with van der Waals surface area (Å²) >= 11 is 0. The van der Waals surface area contributed by atoms with Crippen LogP contribution in [-0.2, 0) is 9.53 Å². The van der Waals surface area contributed by atoms with Crippen LogP contribution in [0.1, 0.15) is 41.5 Å². The molecular weight excluding hydrogens is 306 g/mol. The summed E-state index contributed by atoms with van der Waals surface area (Å²) in [6.45, 7) is 7.42. The number of methoxy groups -OCH3 is 1. The largest absolute Gasteiger partial charge is 0.383 e. The summed E-state index contributed by atoms with van der Waals surface area (Å²) in [6, 6.07) is 3.64. The molecule has 0 aliphatic carbocycles. The van der Waals surface area contributed by atoms with Crippen LogP contribution in [-0.4, -0.2) is 54.5 Å². The molecule has 0 aromatic carbocycles. The molecule has 0 unspecified atom stereocenters. The first-order valence-corrected chi connectivity index (χ1v) is 8.44. The second-order valence-electron chi connectivity index (χ2n) is 6.57. The third-order valence-electron chi connectivity index (χ3n) is 4.29. The first kappa shape index (κ1) is 18.4. The molecule has 132 valence electrons. The molecule has 6 nitrogen and oxygen atoms in total. The Balaban J connectivity index is 1.90. The van der Waals surface area contributed by atoms with Gasteiger partial charge in [0.05, 0.1) is 6.61 Å². The predicted octanol–water partition coefficient (Wildman–Crippen LogP) is 1.70. The fraction of sp³-hybridized carbons (Fsp3) is 0.611. The maximum absolute atomic E-state index is 12.6. The van der Waals surface area contributed by atoms with Crippen molar-refractivity contribution < 1.29 is 14.3 Å². The van der Waals surface area contributed by atoms with Gasteiger partial charge < -0.3 is 15.0 Å². The van der Waals surface area contributed by atoms with E-state index in [0.717, 1.165) is 11.4 Å². The van der Waals surface area contributed by atoms with E-state index in [1.165, 1.54) is 0 Å². The van der Waals surface area contributed by atoms with E-state index < -0.39 is 0 Å². The molecule has 1 atom stereocenters. The molecule has 0 radical (unpaired) electrons. The van der Waals surface area contributed by atoms with Crippen molar-refractivity contribution >= 4 is 11.8 Å². The Labute approximate surface area is 143 Å². The first-order chi connectivity index (χ1) is 11.4. The monoisotopic (exact) mass is 333 g/mol. The lowest BCUT2D eigenvalue weighted by Crippen LogP contribution is -2.45. The van der Waals surface area contributed by atoms with Gasteiger partial charge in [-0.2, -0.15) is 0 Å². The van der Waals surface area contributed by atoms with Crippen molar-refractivity contribution in [1.82, 2.24) is 15.2 Å². The minimum absolute atomic E-state index is 0.00457. The van der Waals surface area contributed by atoms with Crippen LogP contribution < -0.4 is 5.32 Å². The van der Waals surface area contributed by atoms with Crippen molar-refractivity contribution in [2.75, 3.05) is 26.8 Å². The highest BCUT2D eigenvalue weighted by molar-refractivity contribution is 5.94. The fourth-order valence-corrected chi connectivity index (χ4v) is 3.14. The maximum Gasteiger partial charge on any atom is 0.253 e. The Morgan fingerprint density at radius 3 is 2.42 bits per heavy atom. The molecule has 2 rings (SSSR count). The van der Waals surface area contributed by atoms with E-state index in [2.05, 4.69) is 10.3 Å². The van der Waals surface area contributed by atoms with E-state index in [1.807, 2.05) is 37.8 Å². The standard InChI is InChI=1S/C18H27N3O3/c1-12-9-16(10-13(2)19-12)18(23)21-7-5-15(6-8-21)17(22)20-14(3)11-24-4/h9-10,14-15H,5-8,11H2,1-4H3,(H,20,22)/t14-/m1/s1. The first-order valence-electron chi connectivity index (χ1n) is 8.44. The average Bonchev–Trinajstić information content (AvgIpc) is 2.53. The van der Waals surface area contributed by atoms with Crippen molar-refractivity contribution in [1.29, 1.82) is 0 Å². The van der Waals surface area contributed by atoms with Gasteiger partial charge in [-0.1, -0.05) is 0 Å². The molecule has 1 aromatic heterocycles. The molecule has 6 heteroatoms. The van der Waals surface area contributed by atoms with E-state index in [4.69, 9.17) is 4.74 Å². The van der Waals surface area contributed by atoms with Crippen LogP contribution in [0.15, 0.2) is 12.1 Å². The number of pyridine rings is 1. The molecule has 1 aromatic rings. The number of likely N-dealkylation sites (tertiary alicyclic amines) is 1. The Hall–Kier alpha value is -1.95. The summed E-state index contributed by atoms with van der Waals surface area (Å²) in [5.41, 5.74) is 2.37. The molecule has 2 heterocycles. The molecule has 1 saturated heterocycles. The number of aryl methyl sites for hydroxylation is 2. The van der Waals surface area contributed by atoms with E-state index in [-0.39, 0.29) is 23.8 Å². The number of nitrogens with one attached hydrogen (secondary N) is 1. The zero-order valence-corrected chi connectivity index (χ0v) is 15.0. The average molecular weight is 333 g/mol. The van der Waals surface area contributed by atoms with Gasteiger partial charge in [-0.3, -0.25) is 14.6 Å². The van der Waals surface area contributed by atoms with Gasteiger partial charge in [-0.15, -0.1) is 0 Å². The highest BCUT2D eigenvalue weighted by Gasteiger charge is 2.28. The highest BCUT2D eigenvalue weighted by atomic mass is 16.5. The third-order valence-corrected chi connectivity index (χ3v) is 4.29. The number of ether oxygens (including phenoxy) is 1. The normalized spacial score (nSPS) is 16.8. The molecule has 1 aliphatic rings. The van der Waals surface area contributed by atoms with Crippen LogP contribution in [0.4, 0.5) is 0 Å². The van der Waals surface area contributed by atoms with E-state index in [1.54, 1.807) is 7.11 Å². The summed E-state index contributed by atoms with van der Waals surface area (Å²) in [5.74, 6) is 0.0479. The highest BCUT2D eigenvalue weighted by Crippen LogP contribution is 2.20. The molecule has 0 saturated carbocycles. The van der Waals surface area contributed by atoms with Crippen molar-refractivity contribution in [3.63, 3.8) is 0 Å². The van der Waals surface area contributed by atoms with Crippen LogP contribution in [0.25, 0.3) is 0 Å². The minimum Gasteiger partial charge on any atom is -0.383 e. The molecular formula is C18H27N3O3. The number of hydrogen-bond acceptors (Lipinski definition) is 4. The Morgan fingerprint density at radius 2 is 1.88 bits per heavy atom. The van der Waals surface area contributed by atoms with E-state index >= 15 is 0 Å². The topological polar surface area (TPSA) is 71.5 Å². The van der Waals surface area contributed by atoms with Gasteiger partial charge in [0, 0.05) is 49.1 Å². The van der Waals surface area contributed by atoms with Crippen LogP contribution in [0.3, 0.4) is 0 Å². The molecule has 0 bridgehead atoms. The smallest absolute Gasteiger partial charge is 0.253 e. The second-order valence-corrected chi connectivity index (χ2v) is 6.57.